The summed E-state index contributed by atoms with van der Waals surface area (Å²) >= 11 is 0. The van der Waals surface area contributed by atoms with Gasteiger partial charge in [0.2, 0.25) is 0 Å². The lowest BCUT2D eigenvalue weighted by atomic mass is 9.99. The third-order valence-electron chi connectivity index (χ3n) is 12.7. The van der Waals surface area contributed by atoms with Gasteiger partial charge in [0.05, 0.1) is 0 Å². The second kappa shape index (κ2) is 48.4. The van der Waals surface area contributed by atoms with Crippen LogP contribution in [0.4, 0.5) is 0 Å². The zero-order valence-corrected chi connectivity index (χ0v) is 40.9. The van der Waals surface area contributed by atoms with Gasteiger partial charge in [0.15, 0.2) is 6.10 Å². The van der Waals surface area contributed by atoms with Crippen LogP contribution in [0.3, 0.4) is 0 Å². The Hall–Kier alpha value is -1.59. The van der Waals surface area contributed by atoms with E-state index in [2.05, 4.69) is 27.7 Å². The highest BCUT2D eigenvalue weighted by Gasteiger charge is 2.19. The molecule has 0 aliphatic carbocycles. The highest BCUT2D eigenvalue weighted by molar-refractivity contribution is 5.71. The number of carbonyl (C=O) groups is 3. The Morgan fingerprint density at radius 3 is 0.867 bits per heavy atom. The molecule has 6 heteroatoms. The van der Waals surface area contributed by atoms with Crippen LogP contribution in [-0.2, 0) is 28.6 Å². The van der Waals surface area contributed by atoms with E-state index in [9.17, 15) is 14.4 Å². The van der Waals surface area contributed by atoms with Gasteiger partial charge in [0, 0.05) is 19.3 Å². The van der Waals surface area contributed by atoms with Gasteiger partial charge in [-0.2, -0.15) is 0 Å². The van der Waals surface area contributed by atoms with Gasteiger partial charge in [-0.25, -0.2) is 0 Å². The predicted molar refractivity (Wildman–Crippen MR) is 257 cm³/mol. The smallest absolute Gasteiger partial charge is 0.306 e. The number of unbranched alkanes of at least 4 members (excludes halogenated alkanes) is 35. The molecule has 0 saturated heterocycles. The van der Waals surface area contributed by atoms with Crippen molar-refractivity contribution in [3.8, 4) is 0 Å². The van der Waals surface area contributed by atoms with Crippen LogP contribution in [-0.4, -0.2) is 37.2 Å². The van der Waals surface area contributed by atoms with Crippen molar-refractivity contribution >= 4 is 17.9 Å². The van der Waals surface area contributed by atoms with Gasteiger partial charge in [-0.05, 0) is 25.2 Å². The third-order valence-corrected chi connectivity index (χ3v) is 12.7. The van der Waals surface area contributed by atoms with Crippen molar-refractivity contribution in [1.82, 2.24) is 0 Å². The summed E-state index contributed by atoms with van der Waals surface area (Å²) in [7, 11) is 0. The summed E-state index contributed by atoms with van der Waals surface area (Å²) in [5.41, 5.74) is 0. The Bertz CT molecular complexity index is 905. The standard InChI is InChI=1S/C54H104O6/c1-5-8-10-12-13-14-15-16-17-18-19-20-21-26-29-32-35-39-43-47-54(57)60-51(48-58-52(55)45-41-36-11-9-6-2)49-59-53(56)46-42-38-34-31-28-25-23-22-24-27-30-33-37-40-44-50(4)7-3/h50-51H,5-49H2,1-4H3/t50?,51-/m0/s1. The van der Waals surface area contributed by atoms with Crippen molar-refractivity contribution in [1.29, 1.82) is 0 Å². The number of hydrogen-bond acceptors (Lipinski definition) is 6. The molecule has 1 unspecified atom stereocenters. The van der Waals surface area contributed by atoms with Crippen LogP contribution in [0, 0.1) is 5.92 Å². The van der Waals surface area contributed by atoms with Gasteiger partial charge in [0.25, 0.3) is 0 Å². The summed E-state index contributed by atoms with van der Waals surface area (Å²) in [6.07, 6.45) is 51.2. The van der Waals surface area contributed by atoms with E-state index in [1.807, 2.05) is 0 Å². The molecule has 0 rings (SSSR count). The molecule has 0 aromatic carbocycles. The quantitative estimate of drug-likeness (QED) is 0.0345. The van der Waals surface area contributed by atoms with Gasteiger partial charge >= 0.3 is 17.9 Å². The number of esters is 3. The number of rotatable bonds is 49. The van der Waals surface area contributed by atoms with Crippen molar-refractivity contribution in [2.75, 3.05) is 13.2 Å². The van der Waals surface area contributed by atoms with E-state index in [0.717, 1.165) is 70.1 Å². The summed E-state index contributed by atoms with van der Waals surface area (Å²) in [5.74, 6) is 0.0387. The Morgan fingerprint density at radius 1 is 0.333 bits per heavy atom. The molecule has 2 atom stereocenters. The number of hydrogen-bond donors (Lipinski definition) is 0. The van der Waals surface area contributed by atoms with E-state index >= 15 is 0 Å². The lowest BCUT2D eigenvalue weighted by molar-refractivity contribution is -0.167. The van der Waals surface area contributed by atoms with Crippen LogP contribution in [0.15, 0.2) is 0 Å². The minimum atomic E-state index is -0.759. The van der Waals surface area contributed by atoms with Crippen LogP contribution in [0.25, 0.3) is 0 Å². The van der Waals surface area contributed by atoms with E-state index in [0.29, 0.717) is 19.3 Å². The maximum Gasteiger partial charge on any atom is 0.306 e. The number of carbonyl (C=O) groups excluding carboxylic acids is 3. The van der Waals surface area contributed by atoms with Crippen molar-refractivity contribution in [3.63, 3.8) is 0 Å². The summed E-state index contributed by atoms with van der Waals surface area (Å²) in [5, 5.41) is 0. The van der Waals surface area contributed by atoms with Crippen molar-refractivity contribution in [2.45, 2.75) is 310 Å². The fraction of sp³-hybridized carbons (Fsp3) is 0.944. The topological polar surface area (TPSA) is 78.9 Å². The molecule has 60 heavy (non-hydrogen) atoms. The summed E-state index contributed by atoms with van der Waals surface area (Å²) in [6, 6.07) is 0. The lowest BCUT2D eigenvalue weighted by Crippen LogP contribution is -2.30. The first-order valence-electron chi connectivity index (χ1n) is 26.9. The molecule has 0 aromatic heterocycles. The molecule has 0 fully saturated rings. The van der Waals surface area contributed by atoms with Gasteiger partial charge in [0.1, 0.15) is 13.2 Å². The average molecular weight is 849 g/mol. The summed E-state index contributed by atoms with van der Waals surface area (Å²) < 4.78 is 16.7. The van der Waals surface area contributed by atoms with Crippen LogP contribution in [0.5, 0.6) is 0 Å². The normalized spacial score (nSPS) is 12.4. The zero-order chi connectivity index (χ0) is 43.8. The van der Waals surface area contributed by atoms with E-state index in [1.165, 1.54) is 193 Å². The van der Waals surface area contributed by atoms with Crippen molar-refractivity contribution in [3.05, 3.63) is 0 Å². The first-order valence-corrected chi connectivity index (χ1v) is 26.9. The first kappa shape index (κ1) is 58.4. The van der Waals surface area contributed by atoms with Gasteiger partial charge < -0.3 is 14.2 Å². The predicted octanol–water partition coefficient (Wildman–Crippen LogP) is 17.5. The van der Waals surface area contributed by atoms with E-state index in [4.69, 9.17) is 14.2 Å². The van der Waals surface area contributed by atoms with Crippen LogP contribution in [0.2, 0.25) is 0 Å². The Morgan fingerprint density at radius 2 is 0.583 bits per heavy atom. The van der Waals surface area contributed by atoms with Gasteiger partial charge in [-0.1, -0.05) is 265 Å². The van der Waals surface area contributed by atoms with Gasteiger partial charge in [-0.3, -0.25) is 14.4 Å². The molecular weight excluding hydrogens is 745 g/mol. The Labute approximate surface area is 374 Å². The maximum atomic E-state index is 12.7. The highest BCUT2D eigenvalue weighted by Crippen LogP contribution is 2.18. The SMILES string of the molecule is CCCCCCCCCCCCCCCCCCCCCC(=O)O[C@@H](COC(=O)CCCCCCC)COC(=O)CCCCCCCCCCCCCCCCC(C)CC. The molecule has 0 bridgehead atoms. The second-order valence-electron chi connectivity index (χ2n) is 18.8. The van der Waals surface area contributed by atoms with Crippen molar-refractivity contribution < 1.29 is 28.6 Å². The largest absolute Gasteiger partial charge is 0.462 e. The zero-order valence-electron chi connectivity index (χ0n) is 40.9. The molecule has 356 valence electrons. The average Bonchev–Trinajstić information content (AvgIpc) is 3.24. The van der Waals surface area contributed by atoms with Crippen LogP contribution < -0.4 is 0 Å². The molecule has 0 heterocycles. The van der Waals surface area contributed by atoms with E-state index in [1.54, 1.807) is 0 Å². The third kappa shape index (κ3) is 45.9. The minimum Gasteiger partial charge on any atom is -0.462 e. The lowest BCUT2D eigenvalue weighted by Gasteiger charge is -2.18. The fourth-order valence-corrected chi connectivity index (χ4v) is 8.19. The van der Waals surface area contributed by atoms with Crippen LogP contribution >= 0.6 is 0 Å². The second-order valence-corrected chi connectivity index (χ2v) is 18.8. The molecule has 0 N–H and O–H groups in total. The molecule has 6 nitrogen and oxygen atoms in total. The molecule has 0 saturated carbocycles. The summed E-state index contributed by atoms with van der Waals surface area (Å²) in [4.78, 5) is 37.7. The molecule has 0 radical (unpaired) electrons. The molecule has 0 aliphatic heterocycles. The molecule has 0 amide bonds. The van der Waals surface area contributed by atoms with Gasteiger partial charge in [-0.15, -0.1) is 0 Å². The number of ether oxygens (including phenoxy) is 3. The highest BCUT2D eigenvalue weighted by atomic mass is 16.6. The monoisotopic (exact) mass is 849 g/mol. The Balaban J connectivity index is 4.08. The molecule has 0 aliphatic rings. The minimum absolute atomic E-state index is 0.0637. The van der Waals surface area contributed by atoms with E-state index < -0.39 is 6.10 Å². The molecule has 0 spiro atoms. The first-order chi connectivity index (χ1) is 29.4. The summed E-state index contributed by atoms with van der Waals surface area (Å²) in [6.45, 7) is 9.00. The van der Waals surface area contributed by atoms with Crippen LogP contribution in [0.1, 0.15) is 304 Å². The van der Waals surface area contributed by atoms with E-state index in [-0.39, 0.29) is 31.1 Å². The Kier molecular flexibility index (Phi) is 47.2. The molecular formula is C54H104O6. The van der Waals surface area contributed by atoms with Crippen molar-refractivity contribution in [2.24, 2.45) is 5.92 Å². The molecule has 0 aromatic rings. The fourth-order valence-electron chi connectivity index (χ4n) is 8.19. The maximum absolute atomic E-state index is 12.7.